The normalized spacial score (nSPS) is 14.5. The highest BCUT2D eigenvalue weighted by Gasteiger charge is 2.32. The summed E-state index contributed by atoms with van der Waals surface area (Å²) < 4.78 is 0. The first-order valence-electron chi connectivity index (χ1n) is 45.0. The summed E-state index contributed by atoms with van der Waals surface area (Å²) >= 11 is 0. The van der Waals surface area contributed by atoms with Gasteiger partial charge in [-0.05, 0) is 162 Å². The van der Waals surface area contributed by atoms with Crippen LogP contribution in [0.25, 0.3) is 0 Å². The third-order valence-corrected chi connectivity index (χ3v) is 20.6. The molecule has 0 radical (unpaired) electrons. The number of carboxylic acids is 6. The van der Waals surface area contributed by atoms with Crippen LogP contribution in [0.4, 0.5) is 0 Å². The molecule has 0 aliphatic carbocycles. The predicted octanol–water partition coefficient (Wildman–Crippen LogP) is -1.86. The molecular formula is C86H145N19O27. The van der Waals surface area contributed by atoms with Gasteiger partial charge in [-0.15, -0.1) is 0 Å². The van der Waals surface area contributed by atoms with Crippen LogP contribution in [-0.2, 0) is 102 Å². The second kappa shape index (κ2) is 67.4. The quantitative estimate of drug-likeness (QED) is 0.0318. The number of amides is 14. The van der Waals surface area contributed by atoms with E-state index in [2.05, 4.69) is 69.1 Å². The van der Waals surface area contributed by atoms with Gasteiger partial charge >= 0.3 is 35.8 Å². The summed E-state index contributed by atoms with van der Waals surface area (Å²) in [5.74, 6) is -17.1. The average molecular weight is 1880 g/mol. The van der Waals surface area contributed by atoms with Crippen molar-refractivity contribution in [1.82, 2.24) is 74.4 Å². The first kappa shape index (κ1) is 118. The van der Waals surface area contributed by atoms with E-state index in [1.54, 1.807) is 19.1 Å². The Bertz CT molecular complexity index is 3860. The van der Waals surface area contributed by atoms with Gasteiger partial charge in [-0.2, -0.15) is 0 Å². The standard InChI is InChI=1S/C86H145N19O27/c1-50(92-72(112)40-56(91)39-55-18-24-65(106)25-19-55)34-67(107)97-59(16-8-12-32-89)43-77(117)99-57(14-6-10-30-87)41-73(113)93-52(3)36-69(109)101-63(22-28-83(125)126)47-79(119)103-61(20-26-81(121)122)45-75(115)95-51(2)35-68(108)98-60(17-9-13-33-90)44-78(118)100-58(15-7-11-31-88)42-74(114)94-53(4)37-70(110)102-64(23-29-84(127)128)48-80(120)104-62(21-27-82(123)124)46-76(116)96-54(5)38-71(111)105-66(86(131)132)49-85(129)130/h18-19,24-25,50-54,56-64,66,106H,6-17,20-23,26-49,87-91H2,1-5H3,(H,92,112)(H,93,113)(H,94,114)(H,95,115)(H,96,116)(H,97,107)(H,98,108)(H,99,117)(H,100,118)(H,101,109)(H,102,110)(H,103,119)(H,104,120)(H,105,111)(H,121,122)(H,123,124)(H,125,126)(H,127,128)(H,129,130)(H,131,132)/t50-,51-,52-,53-,54-,56-,57-,58-,59-,60-,61-,62-,63-,64-,66+/m0/s1. The summed E-state index contributed by atoms with van der Waals surface area (Å²) in [4.78, 5) is 257. The van der Waals surface area contributed by atoms with Gasteiger partial charge in [0, 0.05) is 200 Å². The largest absolute Gasteiger partial charge is 0.508 e. The molecule has 14 amide bonds. The first-order valence-corrected chi connectivity index (χ1v) is 45.0. The number of hydrogen-bond acceptors (Lipinski definition) is 26. The van der Waals surface area contributed by atoms with Crippen LogP contribution in [0.1, 0.15) is 265 Å². The van der Waals surface area contributed by atoms with Crippen LogP contribution in [0.5, 0.6) is 5.75 Å². The molecule has 132 heavy (non-hydrogen) atoms. The van der Waals surface area contributed by atoms with E-state index in [9.17, 15) is 127 Å². The molecule has 31 N–H and O–H groups in total. The number of aliphatic carboxylic acids is 6. The minimum Gasteiger partial charge on any atom is -0.508 e. The SMILES string of the molecule is C[C@@H](CC(=O)N[C@@H](CCCCN)CC(=O)N[C@@H](CCCCN)CC(=O)N[C@@H](C)CC(=O)N[C@@H](CCC(=O)O)CC(=O)N[C@@H](CCC(=O)O)CC(=O)N[C@@H](C)CC(=O)N[C@@H](CCCCN)CC(=O)N[C@@H](CCCCN)CC(=O)N[C@@H](C)CC(=O)N[C@@H](CCC(=O)O)CC(=O)N[C@@H](CCC(=O)O)CC(=O)N[C@@H](C)CC(=O)N[C@H](CC(=O)O)C(=O)O)NC(=O)C[C@@H](N)Cc1ccc(O)cc1. The van der Waals surface area contributed by atoms with E-state index in [0.29, 0.717) is 83.7 Å². The summed E-state index contributed by atoms with van der Waals surface area (Å²) in [7, 11) is 0. The third kappa shape index (κ3) is 61.7. The molecule has 0 saturated carbocycles. The van der Waals surface area contributed by atoms with Crippen LogP contribution in [0.2, 0.25) is 0 Å². The lowest BCUT2D eigenvalue weighted by atomic mass is 10.0. The van der Waals surface area contributed by atoms with Crippen molar-refractivity contribution in [2.75, 3.05) is 26.2 Å². The Hall–Kier alpha value is -11.8. The summed E-state index contributed by atoms with van der Waals surface area (Å²) in [5, 5.41) is 103. The minimum absolute atomic E-state index is 0.0207. The van der Waals surface area contributed by atoms with Crippen LogP contribution in [0.15, 0.2) is 24.3 Å². The summed E-state index contributed by atoms with van der Waals surface area (Å²) in [6.07, 6.45) is -3.00. The number of phenolic OH excluding ortho intramolecular Hbond substituents is 1. The monoisotopic (exact) mass is 1880 g/mol. The summed E-state index contributed by atoms with van der Waals surface area (Å²) in [6.45, 7) is 8.80. The van der Waals surface area contributed by atoms with Crippen molar-refractivity contribution >= 4 is 119 Å². The first-order chi connectivity index (χ1) is 62.2. The molecule has 0 unspecified atom stereocenters. The van der Waals surface area contributed by atoms with Crippen LogP contribution < -0.4 is 103 Å². The second-order valence-electron chi connectivity index (χ2n) is 33.9. The van der Waals surface area contributed by atoms with Gasteiger partial charge in [0.15, 0.2) is 0 Å². The molecule has 0 spiro atoms. The van der Waals surface area contributed by atoms with E-state index >= 15 is 0 Å². The third-order valence-electron chi connectivity index (χ3n) is 20.6. The van der Waals surface area contributed by atoms with Crippen molar-refractivity contribution in [2.45, 2.75) is 356 Å². The van der Waals surface area contributed by atoms with Gasteiger partial charge in [-0.25, -0.2) is 4.79 Å². The van der Waals surface area contributed by atoms with Crippen LogP contribution in [0.3, 0.4) is 0 Å². The zero-order chi connectivity index (χ0) is 99.4. The second-order valence-corrected chi connectivity index (χ2v) is 33.9. The number of phenols is 1. The fourth-order valence-corrected chi connectivity index (χ4v) is 14.4. The number of aromatic hydroxyl groups is 1. The van der Waals surface area contributed by atoms with Crippen molar-refractivity contribution in [3.8, 4) is 5.75 Å². The molecule has 46 nitrogen and oxygen atoms in total. The number of hydrogen-bond donors (Lipinski definition) is 26. The molecule has 0 fully saturated rings. The molecule has 0 heterocycles. The van der Waals surface area contributed by atoms with Crippen LogP contribution in [0, 0.1) is 0 Å². The topological polar surface area (TPSA) is 782 Å². The molecule has 0 bridgehead atoms. The van der Waals surface area contributed by atoms with Gasteiger partial charge in [-0.3, -0.25) is 91.1 Å². The van der Waals surface area contributed by atoms with E-state index in [0.717, 1.165) is 5.56 Å². The molecule has 746 valence electrons. The number of unbranched alkanes of at least 4 members (excludes halogenated alkanes) is 4. The van der Waals surface area contributed by atoms with Gasteiger partial charge < -0.3 is 139 Å². The van der Waals surface area contributed by atoms with Gasteiger partial charge in [0.2, 0.25) is 82.7 Å². The number of carbonyl (C=O) groups is 20. The van der Waals surface area contributed by atoms with E-state index < -0.39 is 274 Å². The maximum atomic E-state index is 13.9. The molecule has 0 aliphatic rings. The van der Waals surface area contributed by atoms with Gasteiger partial charge in [0.05, 0.1) is 6.42 Å². The maximum Gasteiger partial charge on any atom is 0.326 e. The van der Waals surface area contributed by atoms with Gasteiger partial charge in [0.25, 0.3) is 0 Å². The molecule has 15 atom stereocenters. The van der Waals surface area contributed by atoms with E-state index in [1.807, 2.05) is 5.32 Å². The Morgan fingerprint density at radius 2 is 0.447 bits per heavy atom. The average Bonchev–Trinajstić information content (AvgIpc) is 0.914. The van der Waals surface area contributed by atoms with Crippen molar-refractivity contribution < 1.29 is 132 Å². The van der Waals surface area contributed by atoms with Crippen molar-refractivity contribution in [1.29, 1.82) is 0 Å². The molecule has 1 aromatic rings. The van der Waals surface area contributed by atoms with Gasteiger partial charge in [-0.1, -0.05) is 37.8 Å². The lowest BCUT2D eigenvalue weighted by Crippen LogP contribution is -2.47. The van der Waals surface area contributed by atoms with E-state index in [-0.39, 0.29) is 115 Å². The highest BCUT2D eigenvalue weighted by Crippen LogP contribution is 2.18. The Morgan fingerprint density at radius 3 is 0.652 bits per heavy atom. The van der Waals surface area contributed by atoms with Gasteiger partial charge in [0.1, 0.15) is 11.8 Å². The Morgan fingerprint density at radius 1 is 0.250 bits per heavy atom. The van der Waals surface area contributed by atoms with E-state index in [4.69, 9.17) is 33.8 Å². The zero-order valence-electron chi connectivity index (χ0n) is 76.4. The Kier molecular flexibility index (Phi) is 60.4. The summed E-state index contributed by atoms with van der Waals surface area (Å²) in [5.41, 5.74) is 30.1. The number of carboxylic acid groups (broad SMARTS) is 6. The molecular weight excluding hydrogens is 1730 g/mol. The smallest absolute Gasteiger partial charge is 0.326 e. The lowest BCUT2D eigenvalue weighted by molar-refractivity contribution is -0.147. The van der Waals surface area contributed by atoms with E-state index in [1.165, 1.54) is 39.8 Å². The molecule has 46 heteroatoms. The number of carbonyl (C=O) groups excluding carboxylic acids is 14. The van der Waals surface area contributed by atoms with Crippen LogP contribution >= 0.6 is 0 Å². The van der Waals surface area contributed by atoms with Crippen molar-refractivity contribution in [2.24, 2.45) is 28.7 Å². The maximum absolute atomic E-state index is 13.9. The number of nitrogens with one attached hydrogen (secondary N) is 14. The molecule has 0 aliphatic heterocycles. The fraction of sp³-hybridized carbons (Fsp3) is 0.698. The van der Waals surface area contributed by atoms with Crippen molar-refractivity contribution in [3.63, 3.8) is 0 Å². The summed E-state index contributed by atoms with van der Waals surface area (Å²) in [6, 6.07) is -7.50. The number of rotatable bonds is 75. The zero-order valence-corrected chi connectivity index (χ0v) is 76.4. The highest BCUT2D eigenvalue weighted by molar-refractivity contribution is 5.89. The Labute approximate surface area is 768 Å². The number of nitrogens with two attached hydrogens (primary N) is 5. The van der Waals surface area contributed by atoms with Crippen LogP contribution in [-0.4, -0.2) is 271 Å². The lowest BCUT2D eigenvalue weighted by Gasteiger charge is -2.24. The Balaban J connectivity index is 3.07. The molecule has 1 rings (SSSR count). The number of benzene rings is 1. The predicted molar refractivity (Wildman–Crippen MR) is 479 cm³/mol. The molecule has 0 saturated heterocycles. The highest BCUT2D eigenvalue weighted by atomic mass is 16.4. The molecule has 0 aromatic heterocycles. The fourth-order valence-electron chi connectivity index (χ4n) is 14.4. The minimum atomic E-state index is -1.76. The molecule has 1 aromatic carbocycles. The van der Waals surface area contributed by atoms with Crippen molar-refractivity contribution in [3.05, 3.63) is 29.8 Å².